The second-order valence-corrected chi connectivity index (χ2v) is 12.5. The van der Waals surface area contributed by atoms with E-state index in [1.54, 1.807) is 6.92 Å². The Balaban J connectivity index is 2.00. The lowest BCUT2D eigenvalue weighted by molar-refractivity contribution is -0.143. The Morgan fingerprint density at radius 3 is 2.21 bits per heavy atom. The molecule has 0 spiro atoms. The zero-order valence-electron chi connectivity index (χ0n) is 21.9. The summed E-state index contributed by atoms with van der Waals surface area (Å²) >= 11 is 0.843. The van der Waals surface area contributed by atoms with Gasteiger partial charge in [0.2, 0.25) is 10.0 Å². The number of carbonyl (C=O) groups excluding carboxylic acids is 2. The van der Waals surface area contributed by atoms with Gasteiger partial charge in [0.15, 0.2) is 10.6 Å². The number of benzene rings is 2. The van der Waals surface area contributed by atoms with Crippen molar-refractivity contribution in [1.82, 2.24) is 8.87 Å². The Hall–Kier alpha value is -2.96. The van der Waals surface area contributed by atoms with Gasteiger partial charge in [-0.1, -0.05) is 39.0 Å². The number of halogens is 2. The second kappa shape index (κ2) is 12.3. The van der Waals surface area contributed by atoms with Crippen LogP contribution >= 0.6 is 11.3 Å². The SMILES string of the molecule is CCOC(=O)Cn1c(=NC(=O)c2ccc(S(=O)(=O)N(CC(C)C)CC(C)C)cc2)sc2cc(F)cc(F)c21. The average molecular weight is 568 g/mol. The molecule has 0 saturated carbocycles. The summed E-state index contributed by atoms with van der Waals surface area (Å²) in [6, 6.07) is 7.17. The molecule has 0 aliphatic rings. The van der Waals surface area contributed by atoms with Crippen LogP contribution < -0.4 is 4.80 Å². The van der Waals surface area contributed by atoms with E-state index in [2.05, 4.69) is 4.99 Å². The monoisotopic (exact) mass is 567 g/mol. The molecule has 3 rings (SSSR count). The van der Waals surface area contributed by atoms with Crippen LogP contribution in [-0.2, 0) is 26.1 Å². The Morgan fingerprint density at radius 2 is 1.66 bits per heavy atom. The van der Waals surface area contributed by atoms with Gasteiger partial charge in [0.05, 0.1) is 21.7 Å². The molecule has 0 aliphatic carbocycles. The van der Waals surface area contributed by atoms with Crippen LogP contribution in [0, 0.1) is 23.5 Å². The fourth-order valence-corrected chi connectivity index (χ4v) is 6.69. The number of ether oxygens (including phenoxy) is 1. The van der Waals surface area contributed by atoms with Crippen LogP contribution in [0.4, 0.5) is 8.78 Å². The van der Waals surface area contributed by atoms with Gasteiger partial charge in [-0.25, -0.2) is 17.2 Å². The minimum Gasteiger partial charge on any atom is -0.465 e. The van der Waals surface area contributed by atoms with E-state index in [4.69, 9.17) is 4.74 Å². The molecule has 0 bridgehead atoms. The molecule has 0 saturated heterocycles. The summed E-state index contributed by atoms with van der Waals surface area (Å²) < 4.78 is 62.6. The first kappa shape index (κ1) is 29.6. The van der Waals surface area contributed by atoms with E-state index in [1.165, 1.54) is 33.1 Å². The number of carbonyl (C=O) groups is 2. The molecule has 1 heterocycles. The van der Waals surface area contributed by atoms with E-state index < -0.39 is 40.1 Å². The smallest absolute Gasteiger partial charge is 0.326 e. The highest BCUT2D eigenvalue weighted by Gasteiger charge is 2.26. The first-order chi connectivity index (χ1) is 17.8. The number of nitrogens with zero attached hydrogens (tertiary/aromatic N) is 3. The molecule has 12 heteroatoms. The average Bonchev–Trinajstić information content (AvgIpc) is 3.14. The normalized spacial score (nSPS) is 12.7. The molecule has 0 unspecified atom stereocenters. The van der Waals surface area contributed by atoms with Gasteiger partial charge < -0.3 is 9.30 Å². The van der Waals surface area contributed by atoms with Crippen molar-refractivity contribution in [1.29, 1.82) is 0 Å². The molecule has 0 N–H and O–H groups in total. The van der Waals surface area contributed by atoms with Crippen LogP contribution in [-0.4, -0.2) is 48.9 Å². The number of hydrogen-bond donors (Lipinski definition) is 0. The molecule has 1 amide bonds. The third-order valence-electron chi connectivity index (χ3n) is 5.36. The van der Waals surface area contributed by atoms with Gasteiger partial charge >= 0.3 is 5.97 Å². The summed E-state index contributed by atoms with van der Waals surface area (Å²) in [4.78, 5) is 29.2. The molecule has 8 nitrogen and oxygen atoms in total. The maximum absolute atomic E-state index is 14.6. The van der Waals surface area contributed by atoms with Crippen molar-refractivity contribution in [2.75, 3.05) is 19.7 Å². The maximum Gasteiger partial charge on any atom is 0.326 e. The first-order valence-corrected chi connectivity index (χ1v) is 14.4. The van der Waals surface area contributed by atoms with Crippen molar-refractivity contribution in [3.05, 3.63) is 58.4 Å². The van der Waals surface area contributed by atoms with Crippen molar-refractivity contribution in [2.24, 2.45) is 16.8 Å². The third kappa shape index (κ3) is 6.91. The standard InChI is InChI=1S/C26H31F2N3O5S2/c1-6-36-23(32)15-31-24-21(28)11-19(27)12-22(24)37-26(31)29-25(33)18-7-9-20(10-8-18)38(34,35)30(13-16(2)3)14-17(4)5/h7-12,16-17H,6,13-15H2,1-5H3. The van der Waals surface area contributed by atoms with Crippen LogP contribution in [0.1, 0.15) is 45.0 Å². The highest BCUT2D eigenvalue weighted by atomic mass is 32.2. The zero-order chi connectivity index (χ0) is 28.2. The predicted molar refractivity (Wildman–Crippen MR) is 141 cm³/mol. The minimum absolute atomic E-state index is 0.0284. The molecule has 0 aliphatic heterocycles. The van der Waals surface area contributed by atoms with Gasteiger partial charge in [-0.2, -0.15) is 9.30 Å². The second-order valence-electron chi connectivity index (χ2n) is 9.56. The molecular formula is C26H31F2N3O5S2. The van der Waals surface area contributed by atoms with Crippen LogP contribution in [0.3, 0.4) is 0 Å². The molecule has 1 aromatic heterocycles. The summed E-state index contributed by atoms with van der Waals surface area (Å²) in [5.41, 5.74) is 0.0165. The third-order valence-corrected chi connectivity index (χ3v) is 8.23. The fourth-order valence-electron chi connectivity index (χ4n) is 3.85. The lowest BCUT2D eigenvalue weighted by Crippen LogP contribution is -2.37. The van der Waals surface area contributed by atoms with Gasteiger partial charge in [0.1, 0.15) is 12.4 Å². The van der Waals surface area contributed by atoms with Crippen molar-refractivity contribution in [2.45, 2.75) is 46.1 Å². The number of sulfonamides is 1. The van der Waals surface area contributed by atoms with E-state index in [0.717, 1.165) is 17.4 Å². The van der Waals surface area contributed by atoms with Crippen molar-refractivity contribution in [3.63, 3.8) is 0 Å². The Kier molecular flexibility index (Phi) is 9.55. The Labute approximate surface area is 224 Å². The highest BCUT2D eigenvalue weighted by Crippen LogP contribution is 2.23. The van der Waals surface area contributed by atoms with Crippen LogP contribution in [0.15, 0.2) is 46.3 Å². The number of rotatable bonds is 10. The molecule has 0 atom stereocenters. The number of thiazole rings is 1. The lowest BCUT2D eigenvalue weighted by Gasteiger charge is -2.25. The summed E-state index contributed by atoms with van der Waals surface area (Å²) in [7, 11) is -3.78. The maximum atomic E-state index is 14.6. The minimum atomic E-state index is -3.78. The highest BCUT2D eigenvalue weighted by molar-refractivity contribution is 7.89. The van der Waals surface area contributed by atoms with E-state index in [9.17, 15) is 26.8 Å². The molecule has 38 heavy (non-hydrogen) atoms. The molecule has 2 aromatic carbocycles. The molecule has 0 fully saturated rings. The summed E-state index contributed by atoms with van der Waals surface area (Å²) in [6.45, 7) is 9.77. The van der Waals surface area contributed by atoms with Gasteiger partial charge in [0, 0.05) is 24.7 Å². The zero-order valence-corrected chi connectivity index (χ0v) is 23.5. The van der Waals surface area contributed by atoms with E-state index in [-0.39, 0.29) is 43.9 Å². The quantitative estimate of drug-likeness (QED) is 0.334. The number of fused-ring (bicyclic) bond motifs is 1. The summed E-state index contributed by atoms with van der Waals surface area (Å²) in [6.07, 6.45) is 0. The van der Waals surface area contributed by atoms with E-state index >= 15 is 0 Å². The van der Waals surface area contributed by atoms with Crippen molar-refractivity contribution in [3.8, 4) is 0 Å². The van der Waals surface area contributed by atoms with Crippen molar-refractivity contribution >= 4 is 43.5 Å². The van der Waals surface area contributed by atoms with Crippen LogP contribution in [0.2, 0.25) is 0 Å². The largest absolute Gasteiger partial charge is 0.465 e. The van der Waals surface area contributed by atoms with Crippen LogP contribution in [0.5, 0.6) is 0 Å². The lowest BCUT2D eigenvalue weighted by atomic mass is 10.2. The van der Waals surface area contributed by atoms with E-state index in [1.807, 2.05) is 27.7 Å². The number of amides is 1. The summed E-state index contributed by atoms with van der Waals surface area (Å²) in [5, 5.41) is 0. The van der Waals surface area contributed by atoms with Crippen molar-refractivity contribution < 1.29 is 31.5 Å². The number of hydrogen-bond acceptors (Lipinski definition) is 6. The molecule has 0 radical (unpaired) electrons. The number of esters is 1. The number of aromatic nitrogens is 1. The predicted octanol–water partition coefficient (Wildman–Crippen LogP) is 4.59. The molecule has 3 aromatic rings. The van der Waals surface area contributed by atoms with Crippen LogP contribution in [0.25, 0.3) is 10.2 Å². The molecule has 206 valence electrons. The Morgan fingerprint density at radius 1 is 1.05 bits per heavy atom. The van der Waals surface area contributed by atoms with Gasteiger partial charge in [-0.05, 0) is 49.1 Å². The first-order valence-electron chi connectivity index (χ1n) is 12.2. The van der Waals surface area contributed by atoms with E-state index in [0.29, 0.717) is 19.2 Å². The Bertz CT molecular complexity index is 1480. The van der Waals surface area contributed by atoms with Gasteiger partial charge in [-0.15, -0.1) is 0 Å². The van der Waals surface area contributed by atoms with Gasteiger partial charge in [0.25, 0.3) is 5.91 Å². The summed E-state index contributed by atoms with van der Waals surface area (Å²) in [5.74, 6) is -2.87. The fraction of sp³-hybridized carbons (Fsp3) is 0.423. The van der Waals surface area contributed by atoms with Gasteiger partial charge in [-0.3, -0.25) is 9.59 Å². The molecular weight excluding hydrogens is 536 g/mol. The topological polar surface area (TPSA) is 98.0 Å².